The van der Waals surface area contributed by atoms with Gasteiger partial charge < -0.3 is 220 Å². The van der Waals surface area contributed by atoms with Crippen LogP contribution in [0.1, 0.15) is 89.9 Å². The maximum Gasteiger partial charge on any atom is 0.220 e. The van der Waals surface area contributed by atoms with E-state index < -0.39 is 304 Å². The highest BCUT2D eigenvalue weighted by atomic mass is 32.2. The number of aliphatic hydroxyl groups excluding tert-OH is 24. The van der Waals surface area contributed by atoms with Gasteiger partial charge in [0.15, 0.2) is 50.3 Å². The lowest BCUT2D eigenvalue weighted by molar-refractivity contribution is -0.396. The van der Waals surface area contributed by atoms with Crippen molar-refractivity contribution in [2.45, 2.75) is 336 Å². The van der Waals surface area contributed by atoms with Crippen LogP contribution >= 0.6 is 11.8 Å². The second-order valence-corrected chi connectivity index (χ2v) is 32.3. The van der Waals surface area contributed by atoms with Crippen LogP contribution in [0, 0.1) is 0 Å². The monoisotopic (exact) mass is 1780 g/mol. The molecule has 49 heteroatoms. The van der Waals surface area contributed by atoms with E-state index in [1.807, 2.05) is 0 Å². The summed E-state index contributed by atoms with van der Waals surface area (Å²) >= 11 is 1.54. The second-order valence-electron chi connectivity index (χ2n) is 31.0. The highest BCUT2D eigenvalue weighted by Crippen LogP contribution is 2.40. The summed E-state index contributed by atoms with van der Waals surface area (Å²) in [5.74, 6) is 0.172. The molecule has 22 rings (SSSR count). The third kappa shape index (κ3) is 26.5. The number of unbranched alkanes of at least 4 members (excludes halogenated alkanes) is 6. The molecule has 4 amide bonds. The summed E-state index contributed by atoms with van der Waals surface area (Å²) in [6.45, 7) is -6.39. The van der Waals surface area contributed by atoms with Crippen LogP contribution in [0.3, 0.4) is 0 Å². The lowest BCUT2D eigenvalue weighted by atomic mass is 9.95. The fourth-order valence-corrected chi connectivity index (χ4v) is 16.1. The van der Waals surface area contributed by atoms with Crippen LogP contribution in [0.2, 0.25) is 0 Å². The lowest BCUT2D eigenvalue weighted by Crippen LogP contribution is -2.68. The minimum atomic E-state index is -2.29. The molecule has 40 atom stereocenters. The zero-order chi connectivity index (χ0) is 88.1. The Bertz CT molecular complexity index is 3040. The summed E-state index contributed by atoms with van der Waals surface area (Å²) in [5.41, 5.74) is 0. The summed E-state index contributed by atoms with van der Waals surface area (Å²) in [6.07, 6.45) is -72.7. The Hall–Kier alpha value is -3.37. The first-order valence-corrected chi connectivity index (χ1v) is 42.0. The summed E-state index contributed by atoms with van der Waals surface area (Å²) in [4.78, 5) is 50.9. The van der Waals surface area contributed by atoms with E-state index in [1.54, 1.807) is 0 Å². The largest absolute Gasteiger partial charge is 0.394 e. The quantitative estimate of drug-likeness (QED) is 0.0262. The number of hydrogen-bond donors (Lipinski definition) is 28. The molecular formula is C72H124N4O44S. The Morgan fingerprint density at radius 1 is 0.240 bits per heavy atom. The van der Waals surface area contributed by atoms with Crippen LogP contribution in [-0.2, 0) is 95.0 Å². The van der Waals surface area contributed by atoms with Gasteiger partial charge in [-0.05, 0) is 50.7 Å². The summed E-state index contributed by atoms with van der Waals surface area (Å²) < 4.78 is 92.3. The van der Waals surface area contributed by atoms with Crippen molar-refractivity contribution >= 4 is 35.4 Å². The van der Waals surface area contributed by atoms with Crippen molar-refractivity contribution in [3.05, 3.63) is 0 Å². The van der Waals surface area contributed by atoms with E-state index in [-0.39, 0.29) is 50.1 Å². The number of thioether (sulfide) groups is 1. The topological polar surface area (TPSA) is 750 Å². The van der Waals surface area contributed by atoms with Crippen molar-refractivity contribution in [1.82, 2.24) is 21.3 Å². The molecule has 0 unspecified atom stereocenters. The predicted octanol–water partition coefficient (Wildman–Crippen LogP) is -14.7. The van der Waals surface area contributed by atoms with Crippen LogP contribution in [-0.4, -0.2) is 482 Å². The van der Waals surface area contributed by atoms with Crippen molar-refractivity contribution < 1.29 is 218 Å². The molecule has 0 saturated carbocycles. The van der Waals surface area contributed by atoms with Crippen LogP contribution in [0.15, 0.2) is 0 Å². The number of amides is 4. The molecule has 22 aliphatic heterocycles. The smallest absolute Gasteiger partial charge is 0.220 e. The number of carbonyl (C=O) groups excluding carboxylic acids is 4. The number of hydrogen-bond acceptors (Lipinski definition) is 45. The van der Waals surface area contributed by atoms with Gasteiger partial charge in [-0.2, -0.15) is 11.8 Å². The first-order valence-electron chi connectivity index (χ1n) is 40.9. The number of rotatable bonds is 35. The Morgan fingerprint density at radius 2 is 0.496 bits per heavy atom. The molecule has 0 aromatic heterocycles. The summed E-state index contributed by atoms with van der Waals surface area (Å²) in [5, 5.41) is 276. The maximum absolute atomic E-state index is 13.6. The predicted molar refractivity (Wildman–Crippen MR) is 395 cm³/mol. The highest BCUT2D eigenvalue weighted by molar-refractivity contribution is 7.99. The van der Waals surface area contributed by atoms with Gasteiger partial charge in [-0.25, -0.2) is 0 Å². The van der Waals surface area contributed by atoms with E-state index in [1.165, 1.54) is 11.8 Å². The maximum atomic E-state index is 13.6. The van der Waals surface area contributed by atoms with Gasteiger partial charge in [0, 0.05) is 57.6 Å². The number of carbonyl (C=O) groups is 4. The van der Waals surface area contributed by atoms with Gasteiger partial charge >= 0.3 is 0 Å². The second kappa shape index (κ2) is 49.4. The molecule has 22 heterocycles. The molecule has 0 aromatic carbocycles. The van der Waals surface area contributed by atoms with Gasteiger partial charge in [-0.3, -0.25) is 19.2 Å². The van der Waals surface area contributed by atoms with Gasteiger partial charge in [0.05, 0.1) is 52.9 Å². The third-order valence-corrected chi connectivity index (χ3v) is 23.4. The molecule has 121 heavy (non-hydrogen) atoms. The molecule has 0 spiro atoms. The molecule has 702 valence electrons. The first-order chi connectivity index (χ1) is 57.9. The molecule has 48 nitrogen and oxygen atoms in total. The Kier molecular flexibility index (Phi) is 41.4. The van der Waals surface area contributed by atoms with Crippen LogP contribution in [0.25, 0.3) is 0 Å². The molecule has 0 radical (unpaired) electrons. The first kappa shape index (κ1) is 101. The van der Waals surface area contributed by atoms with Crippen molar-refractivity contribution in [3.8, 4) is 0 Å². The van der Waals surface area contributed by atoms with Crippen LogP contribution < -0.4 is 21.3 Å². The van der Waals surface area contributed by atoms with Gasteiger partial charge in [-0.1, -0.05) is 19.3 Å². The van der Waals surface area contributed by atoms with Crippen molar-refractivity contribution in [2.24, 2.45) is 0 Å². The molecule has 14 bridgehead atoms. The number of aliphatic hydroxyl groups is 24. The summed E-state index contributed by atoms with van der Waals surface area (Å²) in [6, 6.07) is 0. The fourth-order valence-electron chi connectivity index (χ4n) is 15.3. The zero-order valence-electron chi connectivity index (χ0n) is 66.2. The zero-order valence-corrected chi connectivity index (χ0v) is 67.0. The van der Waals surface area contributed by atoms with Crippen molar-refractivity contribution in [2.75, 3.05) is 90.5 Å². The molecular weight excluding hydrogens is 1660 g/mol. The van der Waals surface area contributed by atoms with E-state index in [0.717, 1.165) is 6.42 Å². The number of nitrogens with one attached hydrogen (secondary N) is 4. The molecule has 0 aliphatic carbocycles. The fraction of sp³-hybridized carbons (Fsp3) is 0.944. The Labute approximate surface area is 697 Å². The average Bonchev–Trinajstić information content (AvgIpc) is 0.829. The molecule has 28 N–H and O–H groups in total. The van der Waals surface area contributed by atoms with E-state index in [4.69, 9.17) is 75.8 Å². The van der Waals surface area contributed by atoms with E-state index in [9.17, 15) is 142 Å². The van der Waals surface area contributed by atoms with Crippen LogP contribution in [0.5, 0.6) is 0 Å². The molecule has 22 fully saturated rings. The Balaban J connectivity index is 0.755. The van der Waals surface area contributed by atoms with Gasteiger partial charge in [0.2, 0.25) is 23.6 Å². The minimum absolute atomic E-state index is 0.102. The normalized spacial score (nSPS) is 43.2. The number of ether oxygens (including phenoxy) is 16. The van der Waals surface area contributed by atoms with E-state index in [2.05, 4.69) is 21.3 Å². The van der Waals surface area contributed by atoms with Gasteiger partial charge in [0.1, 0.15) is 195 Å². The average molecular weight is 1780 g/mol. The van der Waals surface area contributed by atoms with Crippen molar-refractivity contribution in [1.29, 1.82) is 0 Å². The van der Waals surface area contributed by atoms with E-state index in [0.29, 0.717) is 88.8 Å². The summed E-state index contributed by atoms with van der Waals surface area (Å²) in [7, 11) is 0. The van der Waals surface area contributed by atoms with E-state index >= 15 is 0 Å². The Morgan fingerprint density at radius 3 is 0.777 bits per heavy atom. The SMILES string of the molecule is O=C(CCCCCNC(=O)CCCCCNC(=O)CCSCCCO[C@H]1O[C@H](CO)[C@H](O)[C@H](O)[C@H]1O)NCCCCCC(=O)NC[C@H]1O[C@@H]2O[C@H]3[C@H](O)[C@@H](O)[C@@H](O[C@H]4[C@H](O)[C@@H](O)[C@@H](O[C@H]5[C@H](O)[C@@H](O)[C@@H](O[C@H]6[C@H](O)[C@@H](O)[C@@H](O[C@H]7[C@H](O)[C@@H](O)[C@@H](O[C@H]8[C@H](O)[C@@H](O)[C@@H](O[C@H]1[C@H](O)[C@H]2O)O[C@@H]8CO)O[C@@H]7CO)O[C@@H]6CO)O[C@@H]5CO)O[C@@H]4CO)O[C@@H]3CO. The highest BCUT2D eigenvalue weighted by Gasteiger charge is 2.60. The molecule has 22 saturated heterocycles. The lowest BCUT2D eigenvalue weighted by Gasteiger charge is -2.50. The minimum Gasteiger partial charge on any atom is -0.394 e. The van der Waals surface area contributed by atoms with Crippen molar-refractivity contribution in [3.63, 3.8) is 0 Å². The standard InChI is InChI=1S/C72H124N4O44S/c77-22-30-41(88)42(89)50(97)65(107-30)105-18-10-19-121-20-14-40(87)75-17-9-2-5-12-38(85)73-15-7-1-4-11-37(84)74-16-8-3-6-13-39(86)76-21-29-58-43(90)51(98)66(106-29)115-59-31(23-78)109-68(53(100)45(59)92)117-61-33(25-80)111-70(55(102)47(61)94)119-63-35(27-82)113-72(57(104)49(63)96)120-64-36(28-83)112-71(56(103)48(64)95)118-62-34(26-81)110-69(54(101)46(62)93)116-60-32(24-79)108-67(114-58)52(99)44(60)91/h29-36,41-72,77-83,88-104H,1-28H2,(H,73,85)(H,74,84)(H,75,87)(H,76,86)/t29-,30-,31-,32-,33-,34-,35-,36-,41+,42+,43-,44-,45-,46-,47-,48-,49-,50-,51-,52-,53-,54-,55-,56-,57-,58-,59-,60-,61-,62-,63-,64-,65+,66-,67-,68-,69-,70-,71-,72-/m1/s1. The van der Waals surface area contributed by atoms with Gasteiger partial charge in [-0.15, -0.1) is 0 Å². The van der Waals surface area contributed by atoms with Crippen LogP contribution in [0.4, 0.5) is 0 Å². The molecule has 0 aromatic rings. The molecule has 22 aliphatic rings. The van der Waals surface area contributed by atoms with Gasteiger partial charge in [0.25, 0.3) is 0 Å². The third-order valence-electron chi connectivity index (χ3n) is 22.3.